The first-order chi connectivity index (χ1) is 17.9. The summed E-state index contributed by atoms with van der Waals surface area (Å²) in [5.41, 5.74) is 0.119. The van der Waals surface area contributed by atoms with Gasteiger partial charge in [-0.2, -0.15) is 0 Å². The molecular weight excluding hydrogens is 491 g/mol. The summed E-state index contributed by atoms with van der Waals surface area (Å²) in [6.07, 6.45) is 15.4. The molecule has 2 heterocycles. The summed E-state index contributed by atoms with van der Waals surface area (Å²) in [5, 5.41) is 0.314. The zero-order valence-electron chi connectivity index (χ0n) is 23.9. The van der Waals surface area contributed by atoms with E-state index in [1.165, 1.54) is 54.1 Å². The Morgan fingerprint density at radius 2 is 1.54 bits per heavy atom. The van der Waals surface area contributed by atoms with Gasteiger partial charge < -0.3 is 4.57 Å². The van der Waals surface area contributed by atoms with Gasteiger partial charge in [-0.25, -0.2) is 14.2 Å². The Balaban J connectivity index is 0.000000988. The number of fused-ring (bicyclic) bond motifs is 1. The lowest BCUT2D eigenvalue weighted by atomic mass is 10.2. The molecule has 0 unspecified atom stereocenters. The van der Waals surface area contributed by atoms with E-state index in [2.05, 4.69) is 18.1 Å². The van der Waals surface area contributed by atoms with Crippen molar-refractivity contribution in [2.45, 2.75) is 105 Å². The van der Waals surface area contributed by atoms with Crippen molar-refractivity contribution in [3.05, 3.63) is 62.6 Å². The molecule has 0 bridgehead atoms. The quantitative estimate of drug-likeness (QED) is 0.207. The van der Waals surface area contributed by atoms with E-state index in [1.54, 1.807) is 24.6 Å². The molecule has 1 saturated carbocycles. The minimum atomic E-state index is -0.735. The van der Waals surface area contributed by atoms with Crippen molar-refractivity contribution in [2.24, 2.45) is 7.05 Å². The first kappa shape index (κ1) is 34.6. The molecule has 0 spiro atoms. The largest absolute Gasteiger partial charge is 0.332 e. The third-order valence-electron chi connectivity index (χ3n) is 5.97. The average molecular weight is 539 g/mol. The molecule has 37 heavy (non-hydrogen) atoms. The Hall–Kier alpha value is -2.41. The van der Waals surface area contributed by atoms with Crippen molar-refractivity contribution in [3.63, 3.8) is 0 Å². The van der Waals surface area contributed by atoms with Crippen LogP contribution in [0.1, 0.15) is 91.3 Å². The van der Waals surface area contributed by atoms with E-state index in [1.807, 2.05) is 33.8 Å². The highest BCUT2D eigenvalue weighted by molar-refractivity contribution is 6.31. The van der Waals surface area contributed by atoms with Gasteiger partial charge in [0.1, 0.15) is 12.5 Å². The van der Waals surface area contributed by atoms with Crippen LogP contribution in [0.3, 0.4) is 0 Å². The maximum absolute atomic E-state index is 13.6. The monoisotopic (exact) mass is 538 g/mol. The average Bonchev–Trinajstić information content (AvgIpc) is 3.09. The van der Waals surface area contributed by atoms with Crippen molar-refractivity contribution in [3.8, 4) is 0 Å². The summed E-state index contributed by atoms with van der Waals surface area (Å²) in [7, 11) is 1.58. The zero-order chi connectivity index (χ0) is 28.4. The van der Waals surface area contributed by atoms with Crippen molar-refractivity contribution in [2.75, 3.05) is 6.67 Å². The highest BCUT2D eigenvalue weighted by Crippen LogP contribution is 2.19. The lowest BCUT2D eigenvalue weighted by molar-refractivity contribution is 0.520. The Morgan fingerprint density at radius 3 is 1.97 bits per heavy atom. The summed E-state index contributed by atoms with van der Waals surface area (Å²) in [5.74, 6) is 0.524. The lowest BCUT2D eigenvalue weighted by Crippen LogP contribution is -2.39. The van der Waals surface area contributed by atoms with E-state index in [0.29, 0.717) is 35.0 Å². The van der Waals surface area contributed by atoms with Crippen LogP contribution in [0.2, 0.25) is 0 Å². The zero-order valence-corrected chi connectivity index (χ0v) is 24.7. The van der Waals surface area contributed by atoms with Crippen LogP contribution in [0.5, 0.6) is 0 Å². The molecule has 3 rings (SSSR count). The van der Waals surface area contributed by atoms with Crippen LogP contribution < -0.4 is 11.2 Å². The normalized spacial score (nSPS) is 13.9. The fourth-order valence-electron chi connectivity index (χ4n) is 4.04. The van der Waals surface area contributed by atoms with Crippen LogP contribution in [0.25, 0.3) is 11.2 Å². The van der Waals surface area contributed by atoms with Crippen LogP contribution in [-0.2, 0) is 20.1 Å². The molecule has 0 aromatic carbocycles. The molecule has 1 aliphatic rings. The number of hydrogen-bond donors (Lipinski definition) is 0. The van der Waals surface area contributed by atoms with Crippen molar-refractivity contribution >= 4 is 22.8 Å². The molecule has 1 fully saturated rings. The molecule has 0 N–H and O–H groups in total. The highest BCUT2D eigenvalue weighted by Gasteiger charge is 2.19. The second kappa shape index (κ2) is 19.7. The van der Waals surface area contributed by atoms with Crippen LogP contribution >= 0.6 is 11.6 Å². The number of halogens is 2. The molecule has 2 aromatic rings. The Labute approximate surface area is 227 Å². The fourth-order valence-corrected chi connectivity index (χ4v) is 4.24. The maximum Gasteiger partial charge on any atom is 0.332 e. The molecule has 1 aliphatic carbocycles. The summed E-state index contributed by atoms with van der Waals surface area (Å²) < 4.78 is 17.7. The van der Waals surface area contributed by atoms with Gasteiger partial charge in [-0.15, -0.1) is 13.2 Å². The fraction of sp³-hybridized carbons (Fsp3) is 0.621. The second-order valence-corrected chi connectivity index (χ2v) is 8.99. The Bertz CT molecular complexity index is 1090. The Morgan fingerprint density at radius 1 is 1.03 bits per heavy atom. The van der Waals surface area contributed by atoms with E-state index in [-0.39, 0.29) is 12.1 Å². The standard InChI is InChI=1S/C18H24ClFN4O2.C7H14.C2H6.C2H4/c1-5-7-8-14(19)13(10-20)11-24-12(3)21-16-15(24)17(25)23(9-6-2)18(26)22(16)4;1-2-4-6-7-5-3-1;2*1-2/h7-8H,5-6,9-11H2,1-4H3;1-7H2;1-2H3;1-2H2/b8-7-,14-13-;;;. The molecule has 2 aromatic heterocycles. The van der Waals surface area contributed by atoms with Gasteiger partial charge in [-0.3, -0.25) is 13.9 Å². The van der Waals surface area contributed by atoms with Gasteiger partial charge in [-0.05, 0) is 31.4 Å². The first-order valence-corrected chi connectivity index (χ1v) is 14.0. The van der Waals surface area contributed by atoms with Crippen LogP contribution in [0.15, 0.2) is 45.5 Å². The smallest absolute Gasteiger partial charge is 0.318 e. The van der Waals surface area contributed by atoms with Crippen molar-refractivity contribution in [1.82, 2.24) is 18.7 Å². The molecular formula is C29H48ClFN4O2. The van der Waals surface area contributed by atoms with Gasteiger partial charge in [0.15, 0.2) is 11.2 Å². The molecule has 0 atom stereocenters. The third kappa shape index (κ3) is 10.1. The van der Waals surface area contributed by atoms with E-state index in [9.17, 15) is 14.0 Å². The number of hydrogen-bond acceptors (Lipinski definition) is 3. The topological polar surface area (TPSA) is 61.8 Å². The number of aryl methyl sites for hydroxylation is 2. The van der Waals surface area contributed by atoms with Crippen LogP contribution in [0, 0.1) is 6.92 Å². The predicted octanol–water partition coefficient (Wildman–Crippen LogP) is 7.60. The number of allylic oxidation sites excluding steroid dienone is 4. The number of imidazole rings is 1. The SMILES string of the molecule is C1CCCCCC1.C=C.CC.CC/C=C\C(Cl)=C(/CF)Cn1c(C)nc2c1c(=O)n(CCC)c(=O)n2C. The summed E-state index contributed by atoms with van der Waals surface area (Å²) in [6, 6.07) is 0. The van der Waals surface area contributed by atoms with E-state index in [4.69, 9.17) is 11.6 Å². The Kier molecular flexibility index (Phi) is 18.4. The van der Waals surface area contributed by atoms with Crippen molar-refractivity contribution < 1.29 is 4.39 Å². The van der Waals surface area contributed by atoms with E-state index >= 15 is 0 Å². The molecule has 0 amide bonds. The summed E-state index contributed by atoms with van der Waals surface area (Å²) in [4.78, 5) is 29.6. The molecule has 210 valence electrons. The minimum absolute atomic E-state index is 0.102. The van der Waals surface area contributed by atoms with Gasteiger partial charge in [-0.1, -0.05) is 90.3 Å². The molecule has 6 nitrogen and oxygen atoms in total. The van der Waals surface area contributed by atoms with Gasteiger partial charge in [0.2, 0.25) is 0 Å². The first-order valence-electron chi connectivity index (χ1n) is 13.6. The minimum Gasteiger partial charge on any atom is -0.318 e. The summed E-state index contributed by atoms with van der Waals surface area (Å²) in [6.45, 7) is 15.3. The van der Waals surface area contributed by atoms with Gasteiger partial charge in [0.25, 0.3) is 5.56 Å². The van der Waals surface area contributed by atoms with Gasteiger partial charge in [0, 0.05) is 25.2 Å². The maximum atomic E-state index is 13.6. The number of aromatic nitrogens is 4. The molecule has 0 saturated heterocycles. The highest BCUT2D eigenvalue weighted by atomic mass is 35.5. The second-order valence-electron chi connectivity index (χ2n) is 8.59. The number of nitrogens with zero attached hydrogens (tertiary/aromatic N) is 4. The lowest BCUT2D eigenvalue weighted by Gasteiger charge is -2.11. The van der Waals surface area contributed by atoms with Crippen LogP contribution in [-0.4, -0.2) is 25.4 Å². The van der Waals surface area contributed by atoms with E-state index < -0.39 is 17.9 Å². The number of alkyl halides is 1. The van der Waals surface area contributed by atoms with Gasteiger partial charge in [0.05, 0.1) is 0 Å². The number of rotatable bonds is 7. The molecule has 8 heteroatoms. The van der Waals surface area contributed by atoms with Crippen molar-refractivity contribution in [1.29, 1.82) is 0 Å². The molecule has 0 aliphatic heterocycles. The van der Waals surface area contributed by atoms with Gasteiger partial charge >= 0.3 is 5.69 Å². The van der Waals surface area contributed by atoms with Crippen LogP contribution in [0.4, 0.5) is 4.39 Å². The van der Waals surface area contributed by atoms with E-state index in [0.717, 1.165) is 6.42 Å². The molecule has 0 radical (unpaired) electrons. The third-order valence-corrected chi connectivity index (χ3v) is 6.36. The predicted molar refractivity (Wildman–Crippen MR) is 157 cm³/mol. The summed E-state index contributed by atoms with van der Waals surface area (Å²) >= 11 is 6.20.